The number of nitrogens with zero attached hydrogens (tertiary/aromatic N) is 2. The van der Waals surface area contributed by atoms with E-state index in [1.54, 1.807) is 0 Å². The van der Waals surface area contributed by atoms with E-state index in [4.69, 9.17) is 0 Å². The molecule has 4 heteroatoms. The van der Waals surface area contributed by atoms with Crippen molar-refractivity contribution < 1.29 is 4.79 Å². The van der Waals surface area contributed by atoms with Crippen molar-refractivity contribution in [3.05, 3.63) is 70.8 Å². The zero-order valence-electron chi connectivity index (χ0n) is 16.2. The summed E-state index contributed by atoms with van der Waals surface area (Å²) in [5.74, 6) is 0.122. The predicted molar refractivity (Wildman–Crippen MR) is 108 cm³/mol. The Balaban J connectivity index is 1.35. The number of carbonyl (C=O) groups excluding carboxylic acids is 1. The molecule has 4 nitrogen and oxygen atoms in total. The topological polar surface area (TPSA) is 35.6 Å². The summed E-state index contributed by atoms with van der Waals surface area (Å²) >= 11 is 0. The van der Waals surface area contributed by atoms with E-state index >= 15 is 0 Å². The molecule has 1 fully saturated rings. The van der Waals surface area contributed by atoms with Crippen LogP contribution in [0.25, 0.3) is 0 Å². The van der Waals surface area contributed by atoms with Gasteiger partial charge >= 0.3 is 0 Å². The lowest BCUT2D eigenvalue weighted by Gasteiger charge is -2.33. The molecule has 142 valence electrons. The summed E-state index contributed by atoms with van der Waals surface area (Å²) in [5, 5.41) is 3.16. The third kappa shape index (κ3) is 4.40. The molecule has 27 heavy (non-hydrogen) atoms. The number of nitrogens with one attached hydrogen (secondary N) is 1. The van der Waals surface area contributed by atoms with Crippen LogP contribution in [0.15, 0.2) is 48.5 Å². The van der Waals surface area contributed by atoms with Gasteiger partial charge < -0.3 is 5.32 Å². The Morgan fingerprint density at radius 2 is 1.78 bits per heavy atom. The molecule has 1 unspecified atom stereocenters. The highest BCUT2D eigenvalue weighted by atomic mass is 16.2. The second-order valence-corrected chi connectivity index (χ2v) is 7.92. The normalized spacial score (nSPS) is 20.4. The minimum Gasteiger partial charge on any atom is -0.351 e. The fourth-order valence-corrected chi connectivity index (χ4v) is 4.29. The smallest absolute Gasteiger partial charge is 0.237 e. The van der Waals surface area contributed by atoms with Crippen LogP contribution in [-0.4, -0.2) is 41.9 Å². The molecule has 0 aliphatic carbocycles. The van der Waals surface area contributed by atoms with Crippen molar-refractivity contribution in [2.75, 3.05) is 20.1 Å². The quantitative estimate of drug-likeness (QED) is 0.887. The number of hydrogen-bond donors (Lipinski definition) is 1. The van der Waals surface area contributed by atoms with Gasteiger partial charge in [0.2, 0.25) is 5.91 Å². The standard InChI is InChI=1S/C23H29N3O/c1-25-17-21-10-3-2-9-20(21)14-22(25)23(27)24-15-18-7-6-8-19(13-18)16-26-11-4-5-12-26/h2-3,6-10,13,22H,4-5,11-12,14-17H2,1H3,(H,24,27). The van der Waals surface area contributed by atoms with Crippen LogP contribution in [0, 0.1) is 0 Å². The Bertz CT molecular complexity index is 798. The molecule has 1 amide bonds. The van der Waals surface area contributed by atoms with Crippen LogP contribution in [0.4, 0.5) is 0 Å². The lowest BCUT2D eigenvalue weighted by atomic mass is 9.94. The minimum absolute atomic E-state index is 0.0901. The highest BCUT2D eigenvalue weighted by Crippen LogP contribution is 2.22. The van der Waals surface area contributed by atoms with Crippen LogP contribution in [0.1, 0.15) is 35.1 Å². The number of hydrogen-bond acceptors (Lipinski definition) is 3. The Morgan fingerprint density at radius 1 is 1.04 bits per heavy atom. The van der Waals surface area contributed by atoms with E-state index in [1.807, 2.05) is 7.05 Å². The first-order valence-corrected chi connectivity index (χ1v) is 10.0. The number of rotatable bonds is 5. The molecule has 0 radical (unpaired) electrons. The van der Waals surface area contributed by atoms with E-state index in [0.29, 0.717) is 6.54 Å². The summed E-state index contributed by atoms with van der Waals surface area (Å²) in [6.45, 7) is 4.86. The van der Waals surface area contributed by atoms with E-state index in [1.165, 1.54) is 48.2 Å². The van der Waals surface area contributed by atoms with Gasteiger partial charge in [-0.25, -0.2) is 0 Å². The van der Waals surface area contributed by atoms with Gasteiger partial charge in [0.15, 0.2) is 0 Å². The summed E-state index contributed by atoms with van der Waals surface area (Å²) in [5.41, 5.74) is 5.15. The molecule has 0 bridgehead atoms. The lowest BCUT2D eigenvalue weighted by molar-refractivity contribution is -0.126. The Kier molecular flexibility index (Phi) is 5.55. The molecule has 2 aromatic rings. The first-order chi connectivity index (χ1) is 13.2. The monoisotopic (exact) mass is 363 g/mol. The van der Waals surface area contributed by atoms with Gasteiger partial charge in [0.05, 0.1) is 6.04 Å². The lowest BCUT2D eigenvalue weighted by Crippen LogP contribution is -2.48. The Labute approximate surface area is 162 Å². The second kappa shape index (κ2) is 8.24. The van der Waals surface area contributed by atoms with Gasteiger partial charge in [0.25, 0.3) is 0 Å². The van der Waals surface area contributed by atoms with Crippen LogP contribution in [-0.2, 0) is 30.8 Å². The van der Waals surface area contributed by atoms with Crippen LogP contribution < -0.4 is 5.32 Å². The number of benzene rings is 2. The molecule has 0 aromatic heterocycles. The van der Waals surface area contributed by atoms with Crippen molar-refractivity contribution in [1.82, 2.24) is 15.1 Å². The highest BCUT2D eigenvalue weighted by molar-refractivity contribution is 5.82. The van der Waals surface area contributed by atoms with Crippen LogP contribution in [0.5, 0.6) is 0 Å². The van der Waals surface area contributed by atoms with Gasteiger partial charge in [0, 0.05) is 19.6 Å². The van der Waals surface area contributed by atoms with Gasteiger partial charge in [-0.15, -0.1) is 0 Å². The molecule has 0 spiro atoms. The van der Waals surface area contributed by atoms with Gasteiger partial charge in [-0.2, -0.15) is 0 Å². The average molecular weight is 364 g/mol. The maximum absolute atomic E-state index is 12.8. The first kappa shape index (κ1) is 18.2. The van der Waals surface area contributed by atoms with Crippen molar-refractivity contribution >= 4 is 5.91 Å². The molecule has 1 N–H and O–H groups in total. The maximum Gasteiger partial charge on any atom is 0.237 e. The van der Waals surface area contributed by atoms with Gasteiger partial charge in [0.1, 0.15) is 0 Å². The maximum atomic E-state index is 12.8. The van der Waals surface area contributed by atoms with Gasteiger partial charge in [-0.3, -0.25) is 14.6 Å². The Morgan fingerprint density at radius 3 is 2.59 bits per heavy atom. The van der Waals surface area contributed by atoms with Crippen molar-refractivity contribution in [3.63, 3.8) is 0 Å². The van der Waals surface area contributed by atoms with Gasteiger partial charge in [-0.1, -0.05) is 48.5 Å². The summed E-state index contributed by atoms with van der Waals surface area (Å²) in [7, 11) is 2.04. The first-order valence-electron chi connectivity index (χ1n) is 10.0. The van der Waals surface area contributed by atoms with E-state index in [-0.39, 0.29) is 11.9 Å². The van der Waals surface area contributed by atoms with E-state index in [0.717, 1.165) is 19.5 Å². The van der Waals surface area contributed by atoms with Crippen LogP contribution in [0.3, 0.4) is 0 Å². The SMILES string of the molecule is CN1Cc2ccccc2CC1C(=O)NCc1cccc(CN2CCCC2)c1. The van der Waals surface area contributed by atoms with E-state index in [9.17, 15) is 4.79 Å². The fraction of sp³-hybridized carbons (Fsp3) is 0.435. The zero-order chi connectivity index (χ0) is 18.6. The molecular formula is C23H29N3O. The minimum atomic E-state index is -0.0901. The molecular weight excluding hydrogens is 334 g/mol. The number of fused-ring (bicyclic) bond motifs is 1. The van der Waals surface area contributed by atoms with E-state index < -0.39 is 0 Å². The molecule has 4 rings (SSSR count). The molecule has 1 atom stereocenters. The summed E-state index contributed by atoms with van der Waals surface area (Å²) in [4.78, 5) is 17.5. The third-order valence-corrected chi connectivity index (χ3v) is 5.85. The molecule has 0 saturated carbocycles. The van der Waals surface area contributed by atoms with Gasteiger partial charge in [-0.05, 0) is 61.7 Å². The molecule has 1 saturated heterocycles. The molecule has 2 heterocycles. The largest absolute Gasteiger partial charge is 0.351 e. The second-order valence-electron chi connectivity index (χ2n) is 7.92. The van der Waals surface area contributed by atoms with Crippen LogP contribution in [0.2, 0.25) is 0 Å². The van der Waals surface area contributed by atoms with E-state index in [2.05, 4.69) is 63.6 Å². The summed E-state index contributed by atoms with van der Waals surface area (Å²) in [6.07, 6.45) is 3.41. The predicted octanol–water partition coefficient (Wildman–Crippen LogP) is 2.96. The number of amides is 1. The number of likely N-dealkylation sites (N-methyl/N-ethyl adjacent to an activating group) is 1. The molecule has 2 aliphatic rings. The third-order valence-electron chi connectivity index (χ3n) is 5.85. The fourth-order valence-electron chi connectivity index (χ4n) is 4.29. The van der Waals surface area contributed by atoms with Crippen molar-refractivity contribution in [1.29, 1.82) is 0 Å². The molecule has 2 aromatic carbocycles. The number of carbonyl (C=O) groups is 1. The number of likely N-dealkylation sites (tertiary alicyclic amines) is 1. The van der Waals surface area contributed by atoms with Crippen molar-refractivity contribution in [2.45, 2.75) is 44.9 Å². The zero-order valence-corrected chi connectivity index (χ0v) is 16.2. The molecule has 2 aliphatic heterocycles. The van der Waals surface area contributed by atoms with Crippen molar-refractivity contribution in [3.8, 4) is 0 Å². The van der Waals surface area contributed by atoms with Crippen molar-refractivity contribution in [2.24, 2.45) is 0 Å². The highest BCUT2D eigenvalue weighted by Gasteiger charge is 2.28. The van der Waals surface area contributed by atoms with Crippen LogP contribution >= 0.6 is 0 Å². The average Bonchev–Trinajstić information content (AvgIpc) is 3.19. The summed E-state index contributed by atoms with van der Waals surface area (Å²) < 4.78 is 0. The Hall–Kier alpha value is -2.17. The summed E-state index contributed by atoms with van der Waals surface area (Å²) in [6, 6.07) is 17.0.